The predicted molar refractivity (Wildman–Crippen MR) is 128 cm³/mol. The van der Waals surface area contributed by atoms with Crippen molar-refractivity contribution in [3.8, 4) is 0 Å². The average Bonchev–Trinajstić information content (AvgIpc) is 3.41. The average molecular weight is 473 g/mol. The smallest absolute Gasteiger partial charge is 0.236 e. The van der Waals surface area contributed by atoms with Crippen molar-refractivity contribution in [1.82, 2.24) is 24.6 Å². The molecule has 0 fully saturated rings. The van der Waals surface area contributed by atoms with Crippen molar-refractivity contribution < 1.29 is 4.79 Å². The minimum Gasteiger partial charge on any atom is -0.301 e. The molecule has 0 aliphatic heterocycles. The van der Waals surface area contributed by atoms with E-state index in [2.05, 4.69) is 53.2 Å². The van der Waals surface area contributed by atoms with Gasteiger partial charge in [0.05, 0.1) is 16.8 Å². The lowest BCUT2D eigenvalue weighted by atomic mass is 9.89. The van der Waals surface area contributed by atoms with E-state index in [0.29, 0.717) is 10.3 Å². The zero-order chi connectivity index (χ0) is 21.8. The van der Waals surface area contributed by atoms with Crippen molar-refractivity contribution in [1.29, 1.82) is 0 Å². The first-order valence-corrected chi connectivity index (χ1v) is 13.0. The van der Waals surface area contributed by atoms with Crippen molar-refractivity contribution in [3.05, 3.63) is 27.8 Å². The van der Waals surface area contributed by atoms with Gasteiger partial charge in [0.1, 0.15) is 11.2 Å². The Morgan fingerprint density at radius 2 is 2.19 bits per heavy atom. The maximum atomic E-state index is 12.5. The van der Waals surface area contributed by atoms with Crippen LogP contribution in [0.1, 0.15) is 50.3 Å². The summed E-state index contributed by atoms with van der Waals surface area (Å²) in [5.74, 6) is 0.853. The van der Waals surface area contributed by atoms with Crippen molar-refractivity contribution >= 4 is 61.3 Å². The highest BCUT2D eigenvalue weighted by atomic mass is 32.2. The number of hydrogen-bond donors (Lipinski definition) is 1. The molecule has 0 aromatic carbocycles. The topological polar surface area (TPSA) is 85.1 Å². The monoisotopic (exact) mass is 472 g/mol. The van der Waals surface area contributed by atoms with Gasteiger partial charge >= 0.3 is 0 Å². The Balaban J connectivity index is 1.33. The number of anilines is 1. The van der Waals surface area contributed by atoms with Gasteiger partial charge in [-0.25, -0.2) is 9.97 Å². The molecular weight excluding hydrogens is 448 g/mol. The van der Waals surface area contributed by atoms with E-state index in [1.54, 1.807) is 17.7 Å². The molecule has 0 saturated carbocycles. The number of fused-ring (bicyclic) bond motifs is 5. The standard InChI is InChI=1S/C21H24N6OS3/c1-11-5-6-12-13(7-11)31-18-16(12)17-25-26-20(27(17)10-22-18)30-9-15(28)24-19-23-14(8-29-19)21(2,3)4/h8,10-11H,5-7,9H2,1-4H3,(H,23,24,28)/t11-/m1/s1. The molecule has 10 heteroatoms. The van der Waals surface area contributed by atoms with Gasteiger partial charge in [0.2, 0.25) is 5.91 Å². The molecule has 1 aliphatic rings. The zero-order valence-corrected chi connectivity index (χ0v) is 20.4. The van der Waals surface area contributed by atoms with Gasteiger partial charge in [-0.3, -0.25) is 9.20 Å². The summed E-state index contributed by atoms with van der Waals surface area (Å²) in [6, 6.07) is 0. The van der Waals surface area contributed by atoms with Gasteiger partial charge in [-0.05, 0) is 30.7 Å². The van der Waals surface area contributed by atoms with E-state index >= 15 is 0 Å². The molecule has 1 aliphatic carbocycles. The molecule has 4 heterocycles. The minimum atomic E-state index is -0.104. The minimum absolute atomic E-state index is 0.0358. The number of carbonyl (C=O) groups excluding carboxylic acids is 1. The Morgan fingerprint density at radius 3 is 2.97 bits per heavy atom. The van der Waals surface area contributed by atoms with Crippen LogP contribution in [0.3, 0.4) is 0 Å². The van der Waals surface area contributed by atoms with E-state index in [0.717, 1.165) is 40.3 Å². The van der Waals surface area contributed by atoms with Crippen molar-refractivity contribution in [2.45, 2.75) is 57.5 Å². The molecule has 0 spiro atoms. The summed E-state index contributed by atoms with van der Waals surface area (Å²) < 4.78 is 1.91. The SMILES string of the molecule is C[C@@H]1CCc2c(sc3ncn4c(SCC(=O)Nc5nc(C(C)(C)C)cs5)nnc4c23)C1. The number of thiophene rings is 1. The number of thioether (sulfide) groups is 1. The summed E-state index contributed by atoms with van der Waals surface area (Å²) in [5.41, 5.74) is 3.17. The molecular formula is C21H24N6OS3. The summed E-state index contributed by atoms with van der Waals surface area (Å²) in [5, 5.41) is 16.1. The van der Waals surface area contributed by atoms with Crippen LogP contribution in [-0.4, -0.2) is 36.2 Å². The van der Waals surface area contributed by atoms with Crippen LogP contribution in [0.5, 0.6) is 0 Å². The third kappa shape index (κ3) is 3.96. The van der Waals surface area contributed by atoms with Crippen LogP contribution in [0.2, 0.25) is 0 Å². The molecule has 0 unspecified atom stereocenters. The zero-order valence-electron chi connectivity index (χ0n) is 17.9. The van der Waals surface area contributed by atoms with Crippen molar-refractivity contribution in [2.24, 2.45) is 5.92 Å². The van der Waals surface area contributed by atoms with E-state index in [1.165, 1.54) is 40.0 Å². The second-order valence-electron chi connectivity index (χ2n) is 9.08. The van der Waals surface area contributed by atoms with Crippen molar-refractivity contribution in [2.75, 3.05) is 11.1 Å². The van der Waals surface area contributed by atoms with Crippen LogP contribution < -0.4 is 5.32 Å². The molecule has 0 radical (unpaired) electrons. The third-order valence-corrected chi connectivity index (χ3v) is 8.39. The van der Waals surface area contributed by atoms with Crippen LogP contribution >= 0.6 is 34.4 Å². The van der Waals surface area contributed by atoms with E-state index in [-0.39, 0.29) is 17.1 Å². The molecule has 5 rings (SSSR count). The van der Waals surface area contributed by atoms with E-state index < -0.39 is 0 Å². The summed E-state index contributed by atoms with van der Waals surface area (Å²) in [6.07, 6.45) is 5.16. The van der Waals surface area contributed by atoms with E-state index in [9.17, 15) is 4.79 Å². The lowest BCUT2D eigenvalue weighted by Gasteiger charge is -2.17. The molecule has 0 bridgehead atoms. The lowest BCUT2D eigenvalue weighted by Crippen LogP contribution is -2.15. The summed E-state index contributed by atoms with van der Waals surface area (Å²) in [7, 11) is 0. The highest BCUT2D eigenvalue weighted by molar-refractivity contribution is 7.99. The van der Waals surface area contributed by atoms with Crippen LogP contribution in [0.15, 0.2) is 16.9 Å². The Hall–Kier alpha value is -2.04. The number of hydrogen-bond acceptors (Lipinski definition) is 8. The van der Waals surface area contributed by atoms with E-state index in [1.807, 2.05) is 9.78 Å². The van der Waals surface area contributed by atoms with Gasteiger partial charge in [-0.15, -0.1) is 32.9 Å². The fourth-order valence-electron chi connectivity index (χ4n) is 3.78. The molecule has 0 saturated heterocycles. The molecule has 7 nitrogen and oxygen atoms in total. The Kier molecular flexibility index (Phi) is 5.26. The second-order valence-corrected chi connectivity index (χ2v) is 12.0. The van der Waals surface area contributed by atoms with Crippen LogP contribution in [0, 0.1) is 5.92 Å². The first kappa shape index (κ1) is 20.8. The largest absolute Gasteiger partial charge is 0.301 e. The normalized spacial score (nSPS) is 16.7. The van der Waals surface area contributed by atoms with Crippen LogP contribution in [-0.2, 0) is 23.1 Å². The Bertz CT molecular complexity index is 1280. The Morgan fingerprint density at radius 1 is 1.35 bits per heavy atom. The first-order chi connectivity index (χ1) is 14.8. The summed E-state index contributed by atoms with van der Waals surface area (Å²) in [4.78, 5) is 24.1. The molecule has 4 aromatic rings. The number of nitrogens with zero attached hydrogens (tertiary/aromatic N) is 5. The lowest BCUT2D eigenvalue weighted by molar-refractivity contribution is -0.113. The fraction of sp³-hybridized carbons (Fsp3) is 0.476. The summed E-state index contributed by atoms with van der Waals surface area (Å²) in [6.45, 7) is 8.63. The van der Waals surface area contributed by atoms with Gasteiger partial charge in [0, 0.05) is 15.7 Å². The van der Waals surface area contributed by atoms with E-state index in [4.69, 9.17) is 0 Å². The first-order valence-electron chi connectivity index (χ1n) is 10.3. The molecule has 1 N–H and O–H groups in total. The number of amides is 1. The number of aromatic nitrogens is 5. The Labute approximate surface area is 192 Å². The number of aryl methyl sites for hydroxylation is 1. The molecule has 1 atom stereocenters. The molecule has 4 aromatic heterocycles. The van der Waals surface area contributed by atoms with Gasteiger partial charge in [0.25, 0.3) is 0 Å². The second kappa shape index (κ2) is 7.83. The summed E-state index contributed by atoms with van der Waals surface area (Å²) >= 11 is 4.60. The highest BCUT2D eigenvalue weighted by Gasteiger charge is 2.24. The van der Waals surface area contributed by atoms with Gasteiger partial charge in [-0.2, -0.15) is 0 Å². The van der Waals surface area contributed by atoms with Gasteiger partial charge in [-0.1, -0.05) is 39.5 Å². The maximum Gasteiger partial charge on any atom is 0.236 e. The van der Waals surface area contributed by atoms with Gasteiger partial charge in [0.15, 0.2) is 15.9 Å². The number of rotatable bonds is 4. The number of carbonyl (C=O) groups is 1. The van der Waals surface area contributed by atoms with Gasteiger partial charge < -0.3 is 5.32 Å². The molecule has 31 heavy (non-hydrogen) atoms. The highest BCUT2D eigenvalue weighted by Crippen LogP contribution is 2.39. The maximum absolute atomic E-state index is 12.5. The van der Waals surface area contributed by atoms with Crippen LogP contribution in [0.4, 0.5) is 5.13 Å². The fourth-order valence-corrected chi connectivity index (χ4v) is 6.78. The predicted octanol–water partition coefficient (Wildman–Crippen LogP) is 4.95. The molecule has 162 valence electrons. The quantitative estimate of drug-likeness (QED) is 0.423. The number of thiazole rings is 1. The third-order valence-electron chi connectivity index (χ3n) is 5.52. The molecule has 1 amide bonds. The number of nitrogens with one attached hydrogen (secondary N) is 1. The van der Waals surface area contributed by atoms with Crippen LogP contribution in [0.25, 0.3) is 15.9 Å². The van der Waals surface area contributed by atoms with Crippen molar-refractivity contribution in [3.63, 3.8) is 0 Å².